The fourth-order valence-electron chi connectivity index (χ4n) is 3.09. The van der Waals surface area contributed by atoms with Gasteiger partial charge in [0.15, 0.2) is 23.0 Å². The summed E-state index contributed by atoms with van der Waals surface area (Å²) in [4.78, 5) is 0. The van der Waals surface area contributed by atoms with Gasteiger partial charge in [0, 0.05) is 6.04 Å². The Kier molecular flexibility index (Phi) is 3.46. The number of halogens is 1. The van der Waals surface area contributed by atoms with E-state index in [0.717, 1.165) is 5.56 Å². The molecule has 0 unspecified atom stereocenters. The SMILES string of the molecule is Cl.[2H]C([2H])([2H])Oc1cc(C[C@@H]2NCCc3cc(O)c(O)cc32)cc(OC([2H])([2H])[2H])c1OC([2H])([2H])[2H]. The molecule has 0 amide bonds. The van der Waals surface area contributed by atoms with Crippen LogP contribution in [0.3, 0.4) is 0 Å². The summed E-state index contributed by atoms with van der Waals surface area (Å²) in [5, 5.41) is 23.0. The standard InChI is InChI=1S/C19H23NO5.ClH/c1-23-17-7-11(8-18(24-2)19(17)25-3)6-14-13-10-16(22)15(21)9-12(13)4-5-20-14;/h7-10,14,20-22H,4-6H2,1-3H3;1H/t14-;/m0./s1/i1D3,2D3,3D3;. The normalized spacial score (nSPS) is 22.2. The molecular formula is C19H24ClNO5. The Balaban J connectivity index is 0.00000432. The van der Waals surface area contributed by atoms with Crippen molar-refractivity contribution >= 4 is 12.4 Å². The van der Waals surface area contributed by atoms with Crippen LogP contribution in [0.2, 0.25) is 0 Å². The Morgan fingerprint density at radius 2 is 1.69 bits per heavy atom. The third kappa shape index (κ3) is 3.76. The van der Waals surface area contributed by atoms with Crippen molar-refractivity contribution in [2.75, 3.05) is 27.7 Å². The van der Waals surface area contributed by atoms with Gasteiger partial charge in [-0.1, -0.05) is 0 Å². The van der Waals surface area contributed by atoms with Gasteiger partial charge in [0.2, 0.25) is 5.75 Å². The molecule has 0 saturated heterocycles. The molecule has 2 aromatic carbocycles. The van der Waals surface area contributed by atoms with Gasteiger partial charge in [-0.05, 0) is 60.3 Å². The van der Waals surface area contributed by atoms with E-state index >= 15 is 0 Å². The molecule has 0 saturated carbocycles. The van der Waals surface area contributed by atoms with E-state index < -0.39 is 44.4 Å². The predicted octanol–water partition coefficient (Wildman–Crippen LogP) is 2.97. The molecule has 0 bridgehead atoms. The number of phenols is 2. The van der Waals surface area contributed by atoms with Gasteiger partial charge in [-0.2, -0.15) is 0 Å². The molecule has 1 aliphatic heterocycles. The first-order valence-corrected chi connectivity index (χ1v) is 7.53. The Morgan fingerprint density at radius 1 is 1.04 bits per heavy atom. The van der Waals surface area contributed by atoms with Gasteiger partial charge < -0.3 is 29.7 Å². The summed E-state index contributed by atoms with van der Waals surface area (Å²) in [6.45, 7) is 0.541. The summed E-state index contributed by atoms with van der Waals surface area (Å²) >= 11 is 0. The van der Waals surface area contributed by atoms with Gasteiger partial charge in [0.25, 0.3) is 0 Å². The predicted molar refractivity (Wildman–Crippen MR) is 101 cm³/mol. The van der Waals surface area contributed by atoms with Crippen LogP contribution in [-0.4, -0.2) is 37.9 Å². The van der Waals surface area contributed by atoms with Crippen molar-refractivity contribution in [2.24, 2.45) is 0 Å². The summed E-state index contributed by atoms with van der Waals surface area (Å²) in [7, 11) is -9.05. The molecule has 142 valence electrons. The number of phenolic OH excluding ortho intramolecular Hbond substituents is 2. The molecule has 1 aliphatic rings. The maximum Gasteiger partial charge on any atom is 0.203 e. The van der Waals surface area contributed by atoms with Crippen molar-refractivity contribution in [1.82, 2.24) is 5.32 Å². The van der Waals surface area contributed by atoms with Crippen LogP contribution in [0, 0.1) is 0 Å². The fraction of sp³-hybridized carbons (Fsp3) is 0.368. The van der Waals surface area contributed by atoms with Gasteiger partial charge in [0.05, 0.1) is 33.5 Å². The minimum absolute atomic E-state index is 0. The van der Waals surface area contributed by atoms with E-state index in [2.05, 4.69) is 5.32 Å². The van der Waals surface area contributed by atoms with Crippen molar-refractivity contribution < 1.29 is 36.8 Å². The summed E-state index contributed by atoms with van der Waals surface area (Å²) < 4.78 is 81.3. The number of benzene rings is 2. The highest BCUT2D eigenvalue weighted by Gasteiger charge is 2.23. The molecule has 1 heterocycles. The van der Waals surface area contributed by atoms with Crippen LogP contribution in [0.15, 0.2) is 24.3 Å². The minimum Gasteiger partial charge on any atom is -0.504 e. The van der Waals surface area contributed by atoms with Crippen LogP contribution in [0.1, 0.15) is 35.1 Å². The molecule has 0 aromatic heterocycles. The van der Waals surface area contributed by atoms with E-state index in [1.54, 1.807) is 0 Å². The number of rotatable bonds is 5. The zero-order valence-corrected chi connectivity index (χ0v) is 14.4. The molecule has 26 heavy (non-hydrogen) atoms. The highest BCUT2D eigenvalue weighted by Crippen LogP contribution is 2.40. The van der Waals surface area contributed by atoms with Gasteiger partial charge >= 0.3 is 0 Å². The van der Waals surface area contributed by atoms with Crippen LogP contribution < -0.4 is 19.5 Å². The maximum absolute atomic E-state index is 9.93. The average Bonchev–Trinajstić information content (AvgIpc) is 2.63. The number of fused-ring (bicyclic) bond motifs is 1. The minimum atomic E-state index is -3.05. The lowest BCUT2D eigenvalue weighted by molar-refractivity contribution is 0.323. The Hall–Kier alpha value is -2.31. The summed E-state index contributed by atoms with van der Waals surface area (Å²) in [5.41, 5.74) is 1.81. The molecule has 0 aliphatic carbocycles. The second-order valence-corrected chi connectivity index (χ2v) is 5.73. The van der Waals surface area contributed by atoms with Crippen molar-refractivity contribution in [3.8, 4) is 28.7 Å². The molecule has 3 rings (SSSR count). The van der Waals surface area contributed by atoms with E-state index in [-0.39, 0.29) is 30.3 Å². The monoisotopic (exact) mass is 390 g/mol. The number of ether oxygens (including phenoxy) is 3. The Morgan fingerprint density at radius 3 is 2.35 bits per heavy atom. The molecule has 0 spiro atoms. The first-order chi connectivity index (χ1) is 15.5. The summed E-state index contributed by atoms with van der Waals surface area (Å²) in [5.74, 6) is -2.32. The molecular weight excluding hydrogens is 358 g/mol. The first kappa shape index (κ1) is 10.7. The molecule has 1 atom stereocenters. The summed E-state index contributed by atoms with van der Waals surface area (Å²) in [6, 6.07) is 4.92. The van der Waals surface area contributed by atoms with Crippen LogP contribution in [0.4, 0.5) is 0 Å². The lowest BCUT2D eigenvalue weighted by Crippen LogP contribution is -2.31. The quantitative estimate of drug-likeness (QED) is 0.681. The lowest BCUT2D eigenvalue weighted by atomic mass is 9.89. The van der Waals surface area contributed by atoms with E-state index in [1.165, 1.54) is 24.3 Å². The second-order valence-electron chi connectivity index (χ2n) is 5.73. The van der Waals surface area contributed by atoms with Gasteiger partial charge in [-0.3, -0.25) is 0 Å². The molecule has 3 N–H and O–H groups in total. The molecule has 2 aromatic rings. The van der Waals surface area contributed by atoms with E-state index in [4.69, 9.17) is 26.5 Å². The lowest BCUT2D eigenvalue weighted by Gasteiger charge is -2.28. The number of methoxy groups -OCH3 is 3. The van der Waals surface area contributed by atoms with Crippen LogP contribution >= 0.6 is 12.4 Å². The number of hydrogen-bond acceptors (Lipinski definition) is 6. The molecule has 6 nitrogen and oxygen atoms in total. The van der Waals surface area contributed by atoms with E-state index in [9.17, 15) is 10.2 Å². The second kappa shape index (κ2) is 8.38. The van der Waals surface area contributed by atoms with Gasteiger partial charge in [-0.25, -0.2) is 0 Å². The third-order valence-corrected chi connectivity index (χ3v) is 4.24. The van der Waals surface area contributed by atoms with Crippen LogP contribution in [0.5, 0.6) is 28.7 Å². The smallest absolute Gasteiger partial charge is 0.203 e. The first-order valence-electron chi connectivity index (χ1n) is 12.0. The maximum atomic E-state index is 9.93. The van der Waals surface area contributed by atoms with Crippen molar-refractivity contribution in [3.05, 3.63) is 41.0 Å². The summed E-state index contributed by atoms with van der Waals surface area (Å²) in [6.07, 6.45) is 0.742. The Bertz CT molecular complexity index is 1020. The van der Waals surface area contributed by atoms with Gasteiger partial charge in [-0.15, -0.1) is 12.4 Å². The molecule has 0 fully saturated rings. The third-order valence-electron chi connectivity index (χ3n) is 4.24. The number of hydrogen-bond donors (Lipinski definition) is 3. The zero-order chi connectivity index (χ0) is 25.5. The van der Waals surface area contributed by atoms with Crippen LogP contribution in [-0.2, 0) is 12.8 Å². The molecule has 7 heteroatoms. The van der Waals surface area contributed by atoms with Crippen molar-refractivity contribution in [1.29, 1.82) is 0 Å². The highest BCUT2D eigenvalue weighted by molar-refractivity contribution is 5.85. The van der Waals surface area contributed by atoms with Gasteiger partial charge in [0.1, 0.15) is 0 Å². The van der Waals surface area contributed by atoms with Crippen LogP contribution in [0.25, 0.3) is 0 Å². The zero-order valence-electron chi connectivity index (χ0n) is 22.5. The highest BCUT2D eigenvalue weighted by atomic mass is 35.5. The Labute approximate surface area is 171 Å². The number of aromatic hydroxyl groups is 2. The van der Waals surface area contributed by atoms with Crippen molar-refractivity contribution in [3.63, 3.8) is 0 Å². The van der Waals surface area contributed by atoms with Crippen molar-refractivity contribution in [2.45, 2.75) is 18.9 Å². The topological polar surface area (TPSA) is 80.2 Å². The molecule has 0 radical (unpaired) electrons. The average molecular weight is 391 g/mol. The largest absolute Gasteiger partial charge is 0.504 e. The van der Waals surface area contributed by atoms with E-state index in [0.29, 0.717) is 24.1 Å². The van der Waals surface area contributed by atoms with E-state index in [1.807, 2.05) is 0 Å². The number of nitrogens with one attached hydrogen (secondary N) is 1. The fourth-order valence-corrected chi connectivity index (χ4v) is 3.09.